The smallest absolute Gasteiger partial charge is 0.143 e. The van der Waals surface area contributed by atoms with E-state index in [1.54, 1.807) is 11.1 Å². The second kappa shape index (κ2) is 31.3. The Morgan fingerprint density at radius 1 is 0.248 bits per heavy atom. The van der Waals surface area contributed by atoms with Crippen molar-refractivity contribution in [3.8, 4) is 89.0 Å². The topological polar surface area (TPSA) is 29.5 Å². The van der Waals surface area contributed by atoms with E-state index in [1.165, 1.54) is 306 Å². The lowest BCUT2D eigenvalue weighted by molar-refractivity contribution is 0.399. The quantitative estimate of drug-likeness (QED) is 0.0420. The summed E-state index contributed by atoms with van der Waals surface area (Å²) >= 11 is 0. The van der Waals surface area contributed by atoms with Crippen LogP contribution in [0.15, 0.2) is 251 Å². The van der Waals surface area contributed by atoms with Crippen molar-refractivity contribution in [2.24, 2.45) is 0 Å². The molecule has 0 saturated carbocycles. The molecule has 0 spiro atoms. The molecule has 0 unspecified atom stereocenters. The molecule has 20 rings (SSSR count). The van der Waals surface area contributed by atoms with E-state index in [9.17, 15) is 0 Å². The summed E-state index contributed by atoms with van der Waals surface area (Å²) in [5, 5.41) is 4.85. The molecule has 121 heavy (non-hydrogen) atoms. The number of nitrogens with zero attached hydrogens (tertiary/aromatic N) is 1. The number of hydrogen-bond acceptors (Lipinski definition) is 3. The highest BCUT2D eigenvalue weighted by Crippen LogP contribution is 2.64. The Bertz CT molecular complexity index is 6510. The van der Waals surface area contributed by atoms with Gasteiger partial charge in [-0.25, -0.2) is 0 Å². The molecule has 5 aliphatic carbocycles. The van der Waals surface area contributed by atoms with Gasteiger partial charge in [0, 0.05) is 71.2 Å². The van der Waals surface area contributed by atoms with Crippen molar-refractivity contribution in [2.45, 2.75) is 257 Å². The summed E-state index contributed by atoms with van der Waals surface area (Å²) < 4.78 is 14.0. The molecule has 2 heterocycles. The Balaban J connectivity index is 0.665. The summed E-state index contributed by atoms with van der Waals surface area (Å²) in [6.45, 7) is 26.3. The first-order chi connectivity index (χ1) is 59.0. The van der Waals surface area contributed by atoms with E-state index in [1.807, 2.05) is 0 Å². The van der Waals surface area contributed by atoms with Crippen LogP contribution in [-0.2, 0) is 27.1 Å². The molecule has 5 aliphatic rings. The second-order valence-electron chi connectivity index (χ2n) is 38.8. The van der Waals surface area contributed by atoms with Gasteiger partial charge in [0.25, 0.3) is 0 Å². The summed E-state index contributed by atoms with van der Waals surface area (Å²) in [7, 11) is 0. The number of anilines is 3. The van der Waals surface area contributed by atoms with Gasteiger partial charge in [-0.2, -0.15) is 0 Å². The SMILES string of the molecule is CCCCCCCC1(CCCCCCC)c2ccccc2-c2ccc(-c3ccc4c(c3)C(C)(C)c3cc(-c5ccc(-c6cc7c(c8c6oc6ccccc68)-c6ccc(N(c8cccc(C)c8)c8ccc9c(c8)C(C)(C)c8cc%10c(cc8-9)C(C)(C)c8ccc9oc%11ccccc%11c9c8-%10)cc6C7(CCCCCCC)CCCCCCC)cc5)ccc3-4)cc21. The Morgan fingerprint density at radius 2 is 0.653 bits per heavy atom. The molecule has 3 heteroatoms. The number of unbranched alkanes of at least 4 members (excludes halogenated alkanes) is 16. The number of fused-ring (bicyclic) bond motifs is 23. The molecule has 15 aromatic rings. The highest BCUT2D eigenvalue weighted by Gasteiger charge is 2.48. The highest BCUT2D eigenvalue weighted by molar-refractivity contribution is 6.19. The van der Waals surface area contributed by atoms with Gasteiger partial charge in [-0.15, -0.1) is 0 Å². The van der Waals surface area contributed by atoms with Gasteiger partial charge >= 0.3 is 0 Å². The third-order valence-electron chi connectivity index (χ3n) is 30.3. The largest absolute Gasteiger partial charge is 0.456 e. The summed E-state index contributed by atoms with van der Waals surface area (Å²) in [4.78, 5) is 2.60. The molecule has 0 fully saturated rings. The van der Waals surface area contributed by atoms with Crippen LogP contribution in [0.1, 0.15) is 285 Å². The standard InChI is InChI=1S/C118H121NO2/c1-12-16-20-24-34-63-117(64-35-25-21-17-13-2)96-44-31-28-41-85(96)88-58-53-81(70-103(88)117)80-52-57-87-86-56-51-79(68-98(86)115(8,9)99(87)69-80)77-47-49-78(50-48-77)93-73-105-109(112-92-43-30-33-46-107(92)121-113(93)112)90-60-55-84(72-104(90)118(105,65-36-26-22-18-14-3)66-37-27-23-19-15-4)119(82-40-38-39-76(5)67-82)83-54-59-89-94-74-102-95(75-101(94)116(10,11)100(89)71-83)110-97(114(102,6)7)61-62-108-111(110)91-42-29-32-45-106(91)120-108/h28-33,38-62,67-75H,12-27,34-37,63-66H2,1-11H3. The van der Waals surface area contributed by atoms with Gasteiger partial charge in [-0.3, -0.25) is 0 Å². The van der Waals surface area contributed by atoms with Crippen LogP contribution in [0.4, 0.5) is 17.1 Å². The van der Waals surface area contributed by atoms with Crippen molar-refractivity contribution in [2.75, 3.05) is 4.90 Å². The first-order valence-corrected chi connectivity index (χ1v) is 46.9. The molecule has 2 aromatic heterocycles. The van der Waals surface area contributed by atoms with Crippen molar-refractivity contribution in [1.82, 2.24) is 0 Å². The monoisotopic (exact) mass is 1580 g/mol. The van der Waals surface area contributed by atoms with Crippen molar-refractivity contribution < 1.29 is 8.83 Å². The molecule has 3 nitrogen and oxygen atoms in total. The van der Waals surface area contributed by atoms with Gasteiger partial charge in [0.2, 0.25) is 0 Å². The Kier molecular flexibility index (Phi) is 20.4. The third kappa shape index (κ3) is 12.9. The molecule has 0 N–H and O–H groups in total. The second-order valence-corrected chi connectivity index (χ2v) is 38.8. The number of benzene rings is 13. The van der Waals surface area contributed by atoms with Crippen LogP contribution < -0.4 is 4.90 Å². The van der Waals surface area contributed by atoms with Crippen LogP contribution in [0.2, 0.25) is 0 Å². The van der Waals surface area contributed by atoms with Crippen molar-refractivity contribution in [1.29, 1.82) is 0 Å². The number of rotatable bonds is 30. The predicted octanol–water partition coefficient (Wildman–Crippen LogP) is 35.2. The fourth-order valence-electron chi connectivity index (χ4n) is 23.8. The number of para-hydroxylation sites is 2. The van der Waals surface area contributed by atoms with Gasteiger partial charge in [0.15, 0.2) is 0 Å². The number of hydrogen-bond donors (Lipinski definition) is 0. The lowest BCUT2D eigenvalue weighted by Gasteiger charge is -2.34. The number of aryl methyl sites for hydroxylation is 1. The maximum atomic E-state index is 7.37. The molecule has 610 valence electrons. The van der Waals surface area contributed by atoms with Crippen LogP contribution in [-0.4, -0.2) is 0 Å². The first kappa shape index (κ1) is 78.8. The molecule has 0 bridgehead atoms. The van der Waals surface area contributed by atoms with Crippen LogP contribution in [0.3, 0.4) is 0 Å². The molecule has 0 radical (unpaired) electrons. The predicted molar refractivity (Wildman–Crippen MR) is 515 cm³/mol. The van der Waals surface area contributed by atoms with Crippen LogP contribution >= 0.6 is 0 Å². The van der Waals surface area contributed by atoms with Gasteiger partial charge in [0.1, 0.15) is 22.3 Å². The van der Waals surface area contributed by atoms with Crippen molar-refractivity contribution >= 4 is 60.9 Å². The van der Waals surface area contributed by atoms with Crippen LogP contribution in [0.25, 0.3) is 133 Å². The van der Waals surface area contributed by atoms with E-state index < -0.39 is 0 Å². The molecule has 13 aromatic carbocycles. The summed E-state index contributed by atoms with van der Waals surface area (Å²) in [5.74, 6) is 0. The first-order valence-electron chi connectivity index (χ1n) is 46.9. The van der Waals surface area contributed by atoms with Gasteiger partial charge in [-0.1, -0.05) is 349 Å². The summed E-state index contributed by atoms with van der Waals surface area (Å²) in [6.07, 6.45) is 29.9. The van der Waals surface area contributed by atoms with E-state index in [2.05, 4.69) is 324 Å². The zero-order valence-corrected chi connectivity index (χ0v) is 73.8. The van der Waals surface area contributed by atoms with E-state index in [-0.39, 0.29) is 27.1 Å². The zero-order chi connectivity index (χ0) is 82.7. The van der Waals surface area contributed by atoms with Gasteiger partial charge in [-0.05, 0) is 268 Å². The summed E-state index contributed by atoms with van der Waals surface area (Å²) in [6, 6.07) is 95.6. The lowest BCUT2D eigenvalue weighted by atomic mass is 9.70. The van der Waals surface area contributed by atoms with E-state index >= 15 is 0 Å². The number of furan rings is 2. The maximum absolute atomic E-state index is 7.37. The Morgan fingerprint density at radius 3 is 1.26 bits per heavy atom. The Labute approximate surface area is 720 Å². The fourth-order valence-corrected chi connectivity index (χ4v) is 23.8. The lowest BCUT2D eigenvalue weighted by Crippen LogP contribution is -2.26. The molecular formula is C118H121NO2. The van der Waals surface area contributed by atoms with Gasteiger partial charge < -0.3 is 13.7 Å². The zero-order valence-electron chi connectivity index (χ0n) is 73.8. The minimum Gasteiger partial charge on any atom is -0.456 e. The van der Waals surface area contributed by atoms with E-state index in [0.717, 1.165) is 48.0 Å². The average Bonchev–Trinajstić information content (AvgIpc) is 1.52. The third-order valence-corrected chi connectivity index (χ3v) is 30.3. The van der Waals surface area contributed by atoms with E-state index in [0.29, 0.717) is 0 Å². The van der Waals surface area contributed by atoms with Crippen molar-refractivity contribution in [3.05, 3.63) is 304 Å². The molecular weight excluding hydrogens is 1460 g/mol. The average molecular weight is 1590 g/mol. The van der Waals surface area contributed by atoms with Crippen LogP contribution in [0, 0.1) is 6.92 Å². The van der Waals surface area contributed by atoms with E-state index in [4.69, 9.17) is 8.83 Å². The maximum Gasteiger partial charge on any atom is 0.143 e. The van der Waals surface area contributed by atoms with Crippen LogP contribution in [0.5, 0.6) is 0 Å². The molecule has 0 aliphatic heterocycles. The summed E-state index contributed by atoms with van der Waals surface area (Å²) in [5.41, 5.74) is 43.3. The fraction of sp³-hybridized carbons (Fsp3) is 0.339. The molecule has 0 atom stereocenters. The normalized spacial score (nSPS) is 15.2. The Hall–Kier alpha value is -10.7. The molecule has 0 saturated heterocycles. The minimum atomic E-state index is -0.291. The molecule has 0 amide bonds. The van der Waals surface area contributed by atoms with Gasteiger partial charge in [0.05, 0.1) is 0 Å². The van der Waals surface area contributed by atoms with Crippen molar-refractivity contribution in [3.63, 3.8) is 0 Å². The highest BCUT2D eigenvalue weighted by atomic mass is 16.3. The minimum absolute atomic E-state index is 0.0421.